The molecule has 1 aromatic heterocycles. The number of para-hydroxylation sites is 2. The van der Waals surface area contributed by atoms with Crippen molar-refractivity contribution in [2.45, 2.75) is 6.42 Å². The summed E-state index contributed by atoms with van der Waals surface area (Å²) in [6, 6.07) is 17.1. The number of nitrogens with zero attached hydrogens (tertiary/aromatic N) is 1. The van der Waals surface area contributed by atoms with Crippen molar-refractivity contribution in [2.75, 3.05) is 26.1 Å². The van der Waals surface area contributed by atoms with E-state index in [-0.39, 0.29) is 5.91 Å². The van der Waals surface area contributed by atoms with Crippen LogP contribution in [0.2, 0.25) is 0 Å². The predicted molar refractivity (Wildman–Crippen MR) is 110 cm³/mol. The number of carbonyl (C=O) groups is 1. The van der Waals surface area contributed by atoms with Gasteiger partial charge in [0.05, 0.1) is 37.4 Å². The van der Waals surface area contributed by atoms with Gasteiger partial charge in [0.15, 0.2) is 0 Å². The van der Waals surface area contributed by atoms with Gasteiger partial charge in [0.2, 0.25) is 0 Å². The van der Waals surface area contributed by atoms with Crippen LogP contribution in [0.15, 0.2) is 67.0 Å². The minimum atomic E-state index is -0.162. The number of pyridine rings is 1. The second-order valence-corrected chi connectivity index (χ2v) is 6.14. The van der Waals surface area contributed by atoms with Crippen LogP contribution >= 0.6 is 0 Å². The zero-order chi connectivity index (χ0) is 19.8. The van der Waals surface area contributed by atoms with Crippen molar-refractivity contribution in [1.82, 2.24) is 10.3 Å². The Bertz CT molecular complexity index is 926. The molecule has 0 aliphatic heterocycles. The number of amides is 1. The Balaban J connectivity index is 1.58. The molecule has 2 aromatic carbocycles. The van der Waals surface area contributed by atoms with Crippen molar-refractivity contribution in [3.05, 3.63) is 78.1 Å². The Kier molecular flexibility index (Phi) is 6.46. The maximum Gasteiger partial charge on any atom is 0.252 e. The molecular formula is C22H23N3O3. The maximum atomic E-state index is 12.4. The molecule has 0 bridgehead atoms. The van der Waals surface area contributed by atoms with Crippen LogP contribution in [0, 0.1) is 0 Å². The molecule has 0 aliphatic carbocycles. The van der Waals surface area contributed by atoms with Gasteiger partial charge >= 0.3 is 0 Å². The molecule has 2 N–H and O–H groups in total. The Hall–Kier alpha value is -3.54. The number of nitrogens with one attached hydrogen (secondary N) is 2. The van der Waals surface area contributed by atoms with E-state index in [2.05, 4.69) is 15.6 Å². The van der Waals surface area contributed by atoms with Gasteiger partial charge in [-0.15, -0.1) is 0 Å². The van der Waals surface area contributed by atoms with Gasteiger partial charge in [-0.25, -0.2) is 0 Å². The Morgan fingerprint density at radius 3 is 2.54 bits per heavy atom. The van der Waals surface area contributed by atoms with E-state index in [0.717, 1.165) is 29.2 Å². The van der Waals surface area contributed by atoms with Crippen molar-refractivity contribution in [3.63, 3.8) is 0 Å². The van der Waals surface area contributed by atoms with Gasteiger partial charge in [-0.2, -0.15) is 0 Å². The van der Waals surface area contributed by atoms with E-state index in [0.29, 0.717) is 17.8 Å². The highest BCUT2D eigenvalue weighted by molar-refractivity contribution is 5.94. The lowest BCUT2D eigenvalue weighted by Gasteiger charge is -2.11. The van der Waals surface area contributed by atoms with Gasteiger partial charge in [0, 0.05) is 12.7 Å². The molecule has 0 atom stereocenters. The molecule has 1 heterocycles. The topological polar surface area (TPSA) is 72.5 Å². The summed E-state index contributed by atoms with van der Waals surface area (Å²) in [5.41, 5.74) is 3.15. The number of carbonyl (C=O) groups excluding carboxylic acids is 1. The number of anilines is 2. The van der Waals surface area contributed by atoms with Gasteiger partial charge in [0.1, 0.15) is 11.5 Å². The number of ether oxygens (including phenoxy) is 2. The first-order chi connectivity index (χ1) is 13.7. The lowest BCUT2D eigenvalue weighted by molar-refractivity contribution is 0.0954. The monoisotopic (exact) mass is 377 g/mol. The molecule has 6 heteroatoms. The smallest absolute Gasteiger partial charge is 0.252 e. The van der Waals surface area contributed by atoms with E-state index in [1.54, 1.807) is 32.7 Å². The van der Waals surface area contributed by atoms with Crippen LogP contribution in [0.5, 0.6) is 11.5 Å². The minimum Gasteiger partial charge on any atom is -0.497 e. The Morgan fingerprint density at radius 1 is 1.00 bits per heavy atom. The third kappa shape index (κ3) is 5.01. The van der Waals surface area contributed by atoms with Crippen molar-refractivity contribution in [2.24, 2.45) is 0 Å². The van der Waals surface area contributed by atoms with Gasteiger partial charge in [-0.1, -0.05) is 24.3 Å². The molecule has 0 unspecified atom stereocenters. The summed E-state index contributed by atoms with van der Waals surface area (Å²) in [5.74, 6) is 1.37. The molecule has 0 spiro atoms. The number of benzene rings is 2. The van der Waals surface area contributed by atoms with E-state index in [1.807, 2.05) is 48.5 Å². The second-order valence-electron chi connectivity index (χ2n) is 6.14. The molecule has 0 fully saturated rings. The van der Waals surface area contributed by atoms with Crippen molar-refractivity contribution < 1.29 is 14.3 Å². The summed E-state index contributed by atoms with van der Waals surface area (Å²) in [4.78, 5) is 16.6. The quantitative estimate of drug-likeness (QED) is 0.624. The van der Waals surface area contributed by atoms with Crippen LogP contribution in [-0.2, 0) is 6.42 Å². The van der Waals surface area contributed by atoms with E-state index < -0.39 is 0 Å². The molecular weight excluding hydrogens is 354 g/mol. The average molecular weight is 377 g/mol. The maximum absolute atomic E-state index is 12.4. The van der Waals surface area contributed by atoms with Crippen LogP contribution in [-0.4, -0.2) is 31.7 Å². The number of hydrogen-bond donors (Lipinski definition) is 2. The summed E-state index contributed by atoms with van der Waals surface area (Å²) in [5, 5.41) is 6.16. The van der Waals surface area contributed by atoms with E-state index in [4.69, 9.17) is 9.47 Å². The highest BCUT2D eigenvalue weighted by Crippen LogP contribution is 2.26. The zero-order valence-corrected chi connectivity index (χ0v) is 15.9. The summed E-state index contributed by atoms with van der Waals surface area (Å²) >= 11 is 0. The fourth-order valence-corrected chi connectivity index (χ4v) is 2.75. The Morgan fingerprint density at radius 2 is 1.79 bits per heavy atom. The SMILES string of the molecule is COc1ccc(CCNC(=O)c2cncc(Nc3ccccc3OC)c2)cc1. The van der Waals surface area contributed by atoms with Crippen LogP contribution in [0.3, 0.4) is 0 Å². The van der Waals surface area contributed by atoms with Crippen molar-refractivity contribution in [1.29, 1.82) is 0 Å². The van der Waals surface area contributed by atoms with E-state index in [9.17, 15) is 4.79 Å². The molecule has 0 radical (unpaired) electrons. The average Bonchev–Trinajstić information content (AvgIpc) is 2.75. The number of rotatable bonds is 8. The molecule has 28 heavy (non-hydrogen) atoms. The molecule has 1 amide bonds. The fourth-order valence-electron chi connectivity index (χ4n) is 2.75. The lowest BCUT2D eigenvalue weighted by atomic mass is 10.1. The molecule has 3 rings (SSSR count). The number of hydrogen-bond acceptors (Lipinski definition) is 5. The lowest BCUT2D eigenvalue weighted by Crippen LogP contribution is -2.25. The molecule has 0 saturated carbocycles. The van der Waals surface area contributed by atoms with E-state index in [1.165, 1.54) is 0 Å². The van der Waals surface area contributed by atoms with Gasteiger partial charge in [-0.05, 0) is 42.3 Å². The van der Waals surface area contributed by atoms with Crippen LogP contribution in [0.25, 0.3) is 0 Å². The zero-order valence-electron chi connectivity index (χ0n) is 15.9. The molecule has 6 nitrogen and oxygen atoms in total. The second kappa shape index (κ2) is 9.41. The van der Waals surface area contributed by atoms with Gasteiger partial charge in [0.25, 0.3) is 5.91 Å². The number of aromatic nitrogens is 1. The Labute approximate surface area is 164 Å². The predicted octanol–water partition coefficient (Wildman–Crippen LogP) is 3.81. The van der Waals surface area contributed by atoms with Crippen LogP contribution in [0.1, 0.15) is 15.9 Å². The summed E-state index contributed by atoms with van der Waals surface area (Å²) in [6.07, 6.45) is 3.96. The highest BCUT2D eigenvalue weighted by atomic mass is 16.5. The van der Waals surface area contributed by atoms with Gasteiger partial charge < -0.3 is 20.1 Å². The molecule has 0 aliphatic rings. The normalized spacial score (nSPS) is 10.2. The minimum absolute atomic E-state index is 0.162. The van der Waals surface area contributed by atoms with Crippen LogP contribution < -0.4 is 20.1 Å². The first kappa shape index (κ1) is 19.2. The van der Waals surface area contributed by atoms with Gasteiger partial charge in [-0.3, -0.25) is 9.78 Å². The number of methoxy groups -OCH3 is 2. The van der Waals surface area contributed by atoms with Crippen molar-refractivity contribution >= 4 is 17.3 Å². The standard InChI is InChI=1S/C22H23N3O3/c1-27-19-9-7-16(8-10-19)11-12-24-22(26)17-13-18(15-23-14-17)25-20-5-3-4-6-21(20)28-2/h3-10,13-15,25H,11-12H2,1-2H3,(H,24,26). The fraction of sp³-hybridized carbons (Fsp3) is 0.182. The first-order valence-electron chi connectivity index (χ1n) is 8.96. The summed E-state index contributed by atoms with van der Waals surface area (Å²) in [7, 11) is 3.26. The third-order valence-electron chi connectivity index (χ3n) is 4.24. The molecule has 144 valence electrons. The van der Waals surface area contributed by atoms with Crippen molar-refractivity contribution in [3.8, 4) is 11.5 Å². The third-order valence-corrected chi connectivity index (χ3v) is 4.24. The summed E-state index contributed by atoms with van der Waals surface area (Å²) < 4.78 is 10.5. The highest BCUT2D eigenvalue weighted by Gasteiger charge is 2.08. The molecule has 0 saturated heterocycles. The van der Waals surface area contributed by atoms with Crippen LogP contribution in [0.4, 0.5) is 11.4 Å². The largest absolute Gasteiger partial charge is 0.497 e. The van der Waals surface area contributed by atoms with E-state index >= 15 is 0 Å². The first-order valence-corrected chi connectivity index (χ1v) is 8.96. The summed E-state index contributed by atoms with van der Waals surface area (Å²) in [6.45, 7) is 0.537. The molecule has 3 aromatic rings.